The summed E-state index contributed by atoms with van der Waals surface area (Å²) < 4.78 is 12.6. The highest BCUT2D eigenvalue weighted by atomic mass is 32.1. The first-order valence-corrected chi connectivity index (χ1v) is 8.06. The van der Waals surface area contributed by atoms with Crippen LogP contribution >= 0.6 is 23.8 Å². The number of carbonyl (C=O) groups is 2. The van der Waals surface area contributed by atoms with Crippen molar-refractivity contribution in [3.05, 3.63) is 39.9 Å². The molecule has 7 nitrogen and oxygen atoms in total. The van der Waals surface area contributed by atoms with Crippen molar-refractivity contribution in [3.63, 3.8) is 0 Å². The van der Waals surface area contributed by atoms with Crippen LogP contribution in [0.4, 0.5) is 9.59 Å². The number of amides is 1. The van der Waals surface area contributed by atoms with E-state index in [0.717, 1.165) is 11.5 Å². The van der Waals surface area contributed by atoms with Gasteiger partial charge in [0, 0.05) is 0 Å². The first kappa shape index (κ1) is 17.1. The lowest BCUT2D eigenvalue weighted by Crippen LogP contribution is -2.16. The van der Waals surface area contributed by atoms with Crippen LogP contribution in [0.15, 0.2) is 35.3 Å². The molecule has 0 unspecified atom stereocenters. The van der Waals surface area contributed by atoms with Crippen LogP contribution in [0, 0.1) is 4.77 Å². The molecule has 0 spiro atoms. The number of rotatable bonds is 3. The monoisotopic (exact) mass is 353 g/mol. The number of hydrogen-bond acceptors (Lipinski definition) is 6. The predicted octanol–water partition coefficient (Wildman–Crippen LogP) is 3.13. The first-order chi connectivity index (χ1) is 11.1. The average Bonchev–Trinajstić information content (AvgIpc) is 2.85. The van der Waals surface area contributed by atoms with Crippen molar-refractivity contribution >= 4 is 35.9 Å². The van der Waals surface area contributed by atoms with Crippen molar-refractivity contribution in [1.29, 1.82) is 0 Å². The maximum absolute atomic E-state index is 12.0. The number of para-hydroxylation sites is 1. The van der Waals surface area contributed by atoms with E-state index in [0.29, 0.717) is 5.69 Å². The topological polar surface area (TPSA) is 74.8 Å². The van der Waals surface area contributed by atoms with E-state index in [9.17, 15) is 9.59 Å². The SMILES string of the molecule is CCOC(=O)/N=c1\sn(C(=O)OCC)c(=S)n1-c1ccccc1. The molecule has 0 aliphatic carbocycles. The van der Waals surface area contributed by atoms with E-state index in [2.05, 4.69) is 4.99 Å². The maximum Gasteiger partial charge on any atom is 0.436 e. The minimum Gasteiger partial charge on any atom is -0.449 e. The van der Waals surface area contributed by atoms with Crippen LogP contribution in [0.5, 0.6) is 0 Å². The van der Waals surface area contributed by atoms with E-state index >= 15 is 0 Å². The van der Waals surface area contributed by atoms with E-state index in [4.69, 9.17) is 21.7 Å². The first-order valence-electron chi connectivity index (χ1n) is 6.87. The highest BCUT2D eigenvalue weighted by Crippen LogP contribution is 2.09. The van der Waals surface area contributed by atoms with Crippen molar-refractivity contribution in [2.75, 3.05) is 13.2 Å². The van der Waals surface area contributed by atoms with Gasteiger partial charge < -0.3 is 9.47 Å². The molecule has 1 heterocycles. The van der Waals surface area contributed by atoms with E-state index < -0.39 is 12.2 Å². The zero-order valence-electron chi connectivity index (χ0n) is 12.6. The Morgan fingerprint density at radius 2 is 1.83 bits per heavy atom. The average molecular weight is 353 g/mol. The highest BCUT2D eigenvalue weighted by Gasteiger charge is 2.15. The van der Waals surface area contributed by atoms with Crippen LogP contribution in [-0.4, -0.2) is 33.9 Å². The number of nitrogens with zero attached hydrogens (tertiary/aromatic N) is 3. The number of carbonyl (C=O) groups excluding carboxylic acids is 2. The molecule has 0 fully saturated rings. The van der Waals surface area contributed by atoms with Crippen molar-refractivity contribution < 1.29 is 19.1 Å². The fourth-order valence-corrected chi connectivity index (χ4v) is 3.01. The fraction of sp³-hybridized carbons (Fsp3) is 0.286. The normalized spacial score (nSPS) is 11.3. The van der Waals surface area contributed by atoms with E-state index in [1.807, 2.05) is 18.2 Å². The van der Waals surface area contributed by atoms with Crippen LogP contribution in [0.3, 0.4) is 0 Å². The summed E-state index contributed by atoms with van der Waals surface area (Å²) in [7, 11) is 0. The van der Waals surface area contributed by atoms with E-state index in [-0.39, 0.29) is 22.8 Å². The standard InChI is InChI=1S/C14H15N3O4S2/c1-3-20-12(18)15-11-16(10-8-6-5-7-9-10)13(22)17(23-11)14(19)21-4-2/h5-9H,3-4H2,1-2H3/b15-11-. The molecule has 1 amide bonds. The van der Waals surface area contributed by atoms with Gasteiger partial charge in [0.15, 0.2) is 0 Å². The van der Waals surface area contributed by atoms with Crippen LogP contribution in [0.1, 0.15) is 13.8 Å². The van der Waals surface area contributed by atoms with Gasteiger partial charge in [0.05, 0.1) is 18.9 Å². The van der Waals surface area contributed by atoms with Crippen LogP contribution in [0.25, 0.3) is 5.69 Å². The van der Waals surface area contributed by atoms with Gasteiger partial charge in [0.25, 0.3) is 0 Å². The van der Waals surface area contributed by atoms with Crippen LogP contribution in [-0.2, 0) is 9.47 Å². The maximum atomic E-state index is 12.0. The quantitative estimate of drug-likeness (QED) is 0.793. The number of aromatic nitrogens is 2. The molecular weight excluding hydrogens is 338 g/mol. The molecule has 0 N–H and O–H groups in total. The molecule has 0 atom stereocenters. The Balaban J connectivity index is 2.65. The molecule has 2 rings (SSSR count). The van der Waals surface area contributed by atoms with Gasteiger partial charge in [-0.15, -0.1) is 4.99 Å². The lowest BCUT2D eigenvalue weighted by molar-refractivity contribution is 0.156. The molecule has 0 bridgehead atoms. The molecule has 0 aliphatic heterocycles. The molecule has 122 valence electrons. The predicted molar refractivity (Wildman–Crippen MR) is 87.5 cm³/mol. The van der Waals surface area contributed by atoms with Crippen molar-refractivity contribution in [2.24, 2.45) is 4.99 Å². The van der Waals surface area contributed by atoms with Crippen LogP contribution in [0.2, 0.25) is 0 Å². The highest BCUT2D eigenvalue weighted by molar-refractivity contribution is 7.71. The summed E-state index contributed by atoms with van der Waals surface area (Å²) in [5, 5.41) is 0. The second-order valence-electron chi connectivity index (χ2n) is 4.13. The molecule has 0 aliphatic rings. The number of ether oxygens (including phenoxy) is 2. The Hall–Kier alpha value is -2.26. The second-order valence-corrected chi connectivity index (χ2v) is 5.41. The zero-order valence-corrected chi connectivity index (χ0v) is 14.2. The molecule has 0 radical (unpaired) electrons. The van der Waals surface area contributed by atoms with Gasteiger partial charge in [-0.25, -0.2) is 9.59 Å². The zero-order chi connectivity index (χ0) is 16.8. The van der Waals surface area contributed by atoms with Gasteiger partial charge in [-0.1, -0.05) is 18.2 Å². The largest absolute Gasteiger partial charge is 0.449 e. The van der Waals surface area contributed by atoms with Gasteiger partial charge in [-0.3, -0.25) is 4.57 Å². The summed E-state index contributed by atoms with van der Waals surface area (Å²) in [6.45, 7) is 3.81. The van der Waals surface area contributed by atoms with Crippen molar-refractivity contribution in [2.45, 2.75) is 13.8 Å². The smallest absolute Gasteiger partial charge is 0.436 e. The Morgan fingerprint density at radius 3 is 2.43 bits per heavy atom. The summed E-state index contributed by atoms with van der Waals surface area (Å²) in [4.78, 5) is 27.7. The molecule has 1 aromatic carbocycles. The van der Waals surface area contributed by atoms with Gasteiger partial charge in [0.2, 0.25) is 9.57 Å². The Labute approximate surface area is 141 Å². The molecule has 1 aromatic heterocycles. The minimum absolute atomic E-state index is 0.169. The minimum atomic E-state index is -0.746. The second kappa shape index (κ2) is 7.84. The van der Waals surface area contributed by atoms with Crippen molar-refractivity contribution in [1.82, 2.24) is 8.52 Å². The summed E-state index contributed by atoms with van der Waals surface area (Å²) in [5.74, 6) is 0. The molecular formula is C14H15N3O4S2. The third kappa shape index (κ3) is 3.93. The van der Waals surface area contributed by atoms with Gasteiger partial charge in [-0.05, 0) is 49.7 Å². The van der Waals surface area contributed by atoms with Crippen molar-refractivity contribution in [3.8, 4) is 5.69 Å². The molecule has 9 heteroatoms. The van der Waals surface area contributed by atoms with Gasteiger partial charge in [0.1, 0.15) is 0 Å². The van der Waals surface area contributed by atoms with E-state index in [1.54, 1.807) is 26.0 Å². The third-order valence-electron chi connectivity index (χ3n) is 2.63. The summed E-state index contributed by atoms with van der Waals surface area (Å²) in [6.07, 6.45) is -1.36. The fourth-order valence-electron chi connectivity index (χ4n) is 1.73. The Bertz CT molecular complexity index is 821. The Morgan fingerprint density at radius 1 is 1.17 bits per heavy atom. The van der Waals surface area contributed by atoms with Gasteiger partial charge in [-0.2, -0.15) is 3.96 Å². The molecule has 23 heavy (non-hydrogen) atoms. The number of hydrogen-bond donors (Lipinski definition) is 0. The van der Waals surface area contributed by atoms with Crippen LogP contribution < -0.4 is 4.80 Å². The Kier molecular flexibility index (Phi) is 5.83. The summed E-state index contributed by atoms with van der Waals surface area (Å²) >= 11 is 6.24. The van der Waals surface area contributed by atoms with Gasteiger partial charge >= 0.3 is 12.2 Å². The molecule has 0 saturated heterocycles. The third-order valence-corrected chi connectivity index (χ3v) is 4.05. The summed E-state index contributed by atoms with van der Waals surface area (Å²) in [6, 6.07) is 9.07. The lowest BCUT2D eigenvalue weighted by atomic mass is 10.3. The van der Waals surface area contributed by atoms with E-state index in [1.165, 1.54) is 8.52 Å². The molecule has 2 aromatic rings. The number of benzene rings is 1. The summed E-state index contributed by atoms with van der Waals surface area (Å²) in [5.41, 5.74) is 0.680. The molecule has 0 saturated carbocycles. The lowest BCUT2D eigenvalue weighted by Gasteiger charge is -2.02.